The number of halogens is 3. The van der Waals surface area contributed by atoms with Crippen LogP contribution in [0.2, 0.25) is 0 Å². The molecule has 2 aromatic heterocycles. The number of nitrogens with one attached hydrogen (secondary N) is 1. The van der Waals surface area contributed by atoms with Crippen LogP contribution in [0.15, 0.2) is 59.8 Å². The standard InChI is InChI=1S/C20H18F3N5O2S/c1-24-31(29,30)16-6-7-18-17(9-16)19(14-10-25-27(2)12-14)26-28(18)11-13-4-3-5-15(8-13)20(21,22)23/h3-10,12,24H,11H2,1-2H3. The molecule has 0 saturated heterocycles. The Morgan fingerprint density at radius 3 is 2.55 bits per heavy atom. The highest BCUT2D eigenvalue weighted by atomic mass is 32.2. The Balaban J connectivity index is 1.87. The van der Waals surface area contributed by atoms with E-state index in [4.69, 9.17) is 0 Å². The molecule has 0 atom stereocenters. The summed E-state index contributed by atoms with van der Waals surface area (Å²) in [6, 6.07) is 9.57. The van der Waals surface area contributed by atoms with Crippen LogP contribution in [0.4, 0.5) is 13.2 Å². The van der Waals surface area contributed by atoms with Crippen molar-refractivity contribution in [1.82, 2.24) is 24.3 Å². The molecule has 7 nitrogen and oxygen atoms in total. The second-order valence-corrected chi connectivity index (χ2v) is 8.88. The molecule has 0 bridgehead atoms. The van der Waals surface area contributed by atoms with Crippen molar-refractivity contribution >= 4 is 20.9 Å². The summed E-state index contributed by atoms with van der Waals surface area (Å²) >= 11 is 0. The number of nitrogens with zero attached hydrogens (tertiary/aromatic N) is 4. The van der Waals surface area contributed by atoms with Crippen LogP contribution < -0.4 is 4.72 Å². The summed E-state index contributed by atoms with van der Waals surface area (Å²) < 4.78 is 69.2. The van der Waals surface area contributed by atoms with Gasteiger partial charge in [0.05, 0.1) is 28.7 Å². The van der Waals surface area contributed by atoms with Gasteiger partial charge >= 0.3 is 6.18 Å². The van der Waals surface area contributed by atoms with Crippen LogP contribution in [-0.2, 0) is 29.8 Å². The molecule has 162 valence electrons. The van der Waals surface area contributed by atoms with Gasteiger partial charge in [0.15, 0.2) is 0 Å². The number of aryl methyl sites for hydroxylation is 1. The van der Waals surface area contributed by atoms with Crippen molar-refractivity contribution in [3.63, 3.8) is 0 Å². The Morgan fingerprint density at radius 1 is 1.13 bits per heavy atom. The minimum absolute atomic E-state index is 0.0614. The van der Waals surface area contributed by atoms with Gasteiger partial charge in [0.25, 0.3) is 0 Å². The maximum atomic E-state index is 13.1. The van der Waals surface area contributed by atoms with Crippen molar-refractivity contribution in [2.75, 3.05) is 7.05 Å². The Bertz CT molecular complexity index is 1370. The number of rotatable bonds is 5. The number of hydrogen-bond donors (Lipinski definition) is 1. The van der Waals surface area contributed by atoms with E-state index in [0.29, 0.717) is 27.7 Å². The minimum atomic E-state index is -4.44. The van der Waals surface area contributed by atoms with Crippen molar-refractivity contribution in [3.05, 3.63) is 66.0 Å². The summed E-state index contributed by atoms with van der Waals surface area (Å²) in [5.74, 6) is 0. The maximum Gasteiger partial charge on any atom is 0.416 e. The van der Waals surface area contributed by atoms with Gasteiger partial charge in [-0.2, -0.15) is 23.4 Å². The summed E-state index contributed by atoms with van der Waals surface area (Å²) in [5.41, 5.74) is 1.42. The Kier molecular flexibility index (Phi) is 5.10. The van der Waals surface area contributed by atoms with E-state index in [0.717, 1.165) is 12.1 Å². The van der Waals surface area contributed by atoms with Crippen LogP contribution in [0, 0.1) is 0 Å². The molecule has 0 radical (unpaired) electrons. The first-order valence-electron chi connectivity index (χ1n) is 9.18. The first-order valence-corrected chi connectivity index (χ1v) is 10.7. The summed E-state index contributed by atoms with van der Waals surface area (Å²) in [6.07, 6.45) is -1.12. The molecule has 1 N–H and O–H groups in total. The van der Waals surface area contributed by atoms with Gasteiger partial charge in [0, 0.05) is 24.2 Å². The van der Waals surface area contributed by atoms with Crippen molar-refractivity contribution in [2.24, 2.45) is 7.05 Å². The number of fused-ring (bicyclic) bond motifs is 1. The molecule has 4 aromatic rings. The molecule has 2 aromatic carbocycles. The number of hydrogen-bond acceptors (Lipinski definition) is 4. The highest BCUT2D eigenvalue weighted by Crippen LogP contribution is 2.32. The van der Waals surface area contributed by atoms with Crippen molar-refractivity contribution in [3.8, 4) is 11.3 Å². The van der Waals surface area contributed by atoms with E-state index in [1.54, 1.807) is 40.9 Å². The quantitative estimate of drug-likeness (QED) is 0.506. The smallest absolute Gasteiger partial charge is 0.275 e. The van der Waals surface area contributed by atoms with Crippen LogP contribution in [0.3, 0.4) is 0 Å². The van der Waals surface area contributed by atoms with Crippen LogP contribution in [0.5, 0.6) is 0 Å². The second-order valence-electron chi connectivity index (χ2n) is 6.99. The average Bonchev–Trinajstić information content (AvgIpc) is 3.31. The summed E-state index contributed by atoms with van der Waals surface area (Å²) in [5, 5.41) is 9.26. The monoisotopic (exact) mass is 449 g/mol. The minimum Gasteiger partial charge on any atom is -0.275 e. The van der Waals surface area contributed by atoms with E-state index in [9.17, 15) is 21.6 Å². The molecular formula is C20H18F3N5O2S. The van der Waals surface area contributed by atoms with E-state index in [1.165, 1.54) is 25.2 Å². The predicted molar refractivity (Wildman–Crippen MR) is 109 cm³/mol. The van der Waals surface area contributed by atoms with Crippen LogP contribution >= 0.6 is 0 Å². The third kappa shape index (κ3) is 4.06. The van der Waals surface area contributed by atoms with Crippen molar-refractivity contribution in [1.29, 1.82) is 0 Å². The van der Waals surface area contributed by atoms with Gasteiger partial charge in [-0.1, -0.05) is 12.1 Å². The van der Waals surface area contributed by atoms with Gasteiger partial charge in [-0.25, -0.2) is 13.1 Å². The normalized spacial score (nSPS) is 12.5. The number of benzene rings is 2. The zero-order chi connectivity index (χ0) is 22.4. The number of alkyl halides is 3. The van der Waals surface area contributed by atoms with Crippen LogP contribution in [0.1, 0.15) is 11.1 Å². The van der Waals surface area contributed by atoms with Gasteiger partial charge in [-0.15, -0.1) is 0 Å². The third-order valence-electron chi connectivity index (χ3n) is 4.87. The molecule has 0 saturated carbocycles. The summed E-state index contributed by atoms with van der Waals surface area (Å²) in [4.78, 5) is 0.0614. The molecule has 0 fully saturated rings. The van der Waals surface area contributed by atoms with Crippen LogP contribution in [-0.4, -0.2) is 35.0 Å². The highest BCUT2D eigenvalue weighted by Gasteiger charge is 2.30. The molecule has 0 amide bonds. The predicted octanol–water partition coefficient (Wildman–Crippen LogP) is 3.41. The van der Waals surface area contributed by atoms with E-state index in [2.05, 4.69) is 14.9 Å². The fraction of sp³-hybridized carbons (Fsp3) is 0.200. The molecule has 0 aliphatic rings. The van der Waals surface area contributed by atoms with Gasteiger partial charge in [-0.3, -0.25) is 9.36 Å². The van der Waals surface area contributed by atoms with Crippen molar-refractivity contribution in [2.45, 2.75) is 17.6 Å². The fourth-order valence-corrected chi connectivity index (χ4v) is 4.10. The fourth-order valence-electron chi connectivity index (χ4n) is 3.34. The average molecular weight is 449 g/mol. The van der Waals surface area contributed by atoms with E-state index < -0.39 is 21.8 Å². The lowest BCUT2D eigenvalue weighted by atomic mass is 10.1. The van der Waals surface area contributed by atoms with Gasteiger partial charge in [-0.05, 0) is 42.9 Å². The van der Waals surface area contributed by atoms with Gasteiger partial charge in [0.2, 0.25) is 10.0 Å². The molecule has 11 heteroatoms. The largest absolute Gasteiger partial charge is 0.416 e. The zero-order valence-electron chi connectivity index (χ0n) is 16.6. The third-order valence-corrected chi connectivity index (χ3v) is 6.28. The van der Waals surface area contributed by atoms with E-state index in [1.807, 2.05) is 0 Å². The zero-order valence-corrected chi connectivity index (χ0v) is 17.4. The molecule has 2 heterocycles. The lowest BCUT2D eigenvalue weighted by molar-refractivity contribution is -0.137. The van der Waals surface area contributed by atoms with E-state index in [-0.39, 0.29) is 11.4 Å². The SMILES string of the molecule is CNS(=O)(=O)c1ccc2c(c1)c(-c1cnn(C)c1)nn2Cc1cccc(C(F)(F)F)c1. The van der Waals surface area contributed by atoms with Crippen LogP contribution in [0.25, 0.3) is 22.2 Å². The molecule has 0 aliphatic carbocycles. The molecular weight excluding hydrogens is 431 g/mol. The lowest BCUT2D eigenvalue weighted by Gasteiger charge is -2.09. The highest BCUT2D eigenvalue weighted by molar-refractivity contribution is 7.89. The summed E-state index contributed by atoms with van der Waals surface area (Å²) in [7, 11) is -0.632. The van der Waals surface area contributed by atoms with Gasteiger partial charge < -0.3 is 0 Å². The van der Waals surface area contributed by atoms with E-state index >= 15 is 0 Å². The topological polar surface area (TPSA) is 81.8 Å². The molecule has 4 rings (SSSR count). The van der Waals surface area contributed by atoms with Gasteiger partial charge in [0.1, 0.15) is 5.69 Å². The Labute approximate surface area is 176 Å². The maximum absolute atomic E-state index is 13.1. The molecule has 0 spiro atoms. The second kappa shape index (κ2) is 7.50. The molecule has 31 heavy (non-hydrogen) atoms. The first kappa shape index (κ1) is 21.1. The molecule has 0 unspecified atom stereocenters. The lowest BCUT2D eigenvalue weighted by Crippen LogP contribution is -2.18. The van der Waals surface area contributed by atoms with Crippen molar-refractivity contribution < 1.29 is 21.6 Å². The Hall–Kier alpha value is -3.18. The Morgan fingerprint density at radius 2 is 1.90 bits per heavy atom. The summed E-state index contributed by atoms with van der Waals surface area (Å²) in [6.45, 7) is 0.0821. The first-order chi connectivity index (χ1) is 14.6. The molecule has 0 aliphatic heterocycles. The number of sulfonamides is 1. The number of aromatic nitrogens is 4.